The van der Waals surface area contributed by atoms with Crippen molar-refractivity contribution in [3.05, 3.63) is 42.5 Å². The first kappa shape index (κ1) is 11.9. The molecule has 0 aliphatic heterocycles. The van der Waals surface area contributed by atoms with Gasteiger partial charge in [0, 0.05) is 18.1 Å². The van der Waals surface area contributed by atoms with Crippen molar-refractivity contribution < 1.29 is 10.2 Å². The van der Waals surface area contributed by atoms with Gasteiger partial charge in [-0.1, -0.05) is 36.4 Å². The Balaban J connectivity index is 2.47. The monoisotopic (exact) mass is 231 g/mol. The minimum absolute atomic E-state index is 0.0593. The molecule has 3 nitrogen and oxygen atoms in total. The predicted octanol–water partition coefficient (Wildman–Crippen LogP) is 1.63. The van der Waals surface area contributed by atoms with Crippen LogP contribution in [0.2, 0.25) is 0 Å². The van der Waals surface area contributed by atoms with E-state index in [0.717, 1.165) is 16.5 Å². The molecule has 0 aliphatic carbocycles. The van der Waals surface area contributed by atoms with E-state index in [-0.39, 0.29) is 19.3 Å². The second-order valence-corrected chi connectivity index (χ2v) is 4.13. The van der Waals surface area contributed by atoms with Gasteiger partial charge in [-0.3, -0.25) is 0 Å². The van der Waals surface area contributed by atoms with Gasteiger partial charge in [0.05, 0.1) is 19.3 Å². The maximum Gasteiger partial charge on any atom is 0.0748 e. The Morgan fingerprint density at radius 2 is 1.65 bits per heavy atom. The number of aliphatic hydroxyl groups is 2. The number of aliphatic hydroxyl groups excluding tert-OH is 2. The predicted molar refractivity (Wildman–Crippen MR) is 70.3 cm³/mol. The maximum absolute atomic E-state index is 9.23. The Morgan fingerprint density at radius 3 is 2.35 bits per heavy atom. The SMILES string of the molecule is CN(c1cccc2ccccc12)C(CO)CO. The zero-order valence-corrected chi connectivity index (χ0v) is 9.87. The topological polar surface area (TPSA) is 43.7 Å². The van der Waals surface area contributed by atoms with Crippen molar-refractivity contribution in [1.29, 1.82) is 0 Å². The van der Waals surface area contributed by atoms with Crippen molar-refractivity contribution in [1.82, 2.24) is 0 Å². The van der Waals surface area contributed by atoms with Crippen LogP contribution in [0.15, 0.2) is 42.5 Å². The molecular weight excluding hydrogens is 214 g/mol. The average molecular weight is 231 g/mol. The molecule has 0 saturated carbocycles. The van der Waals surface area contributed by atoms with Crippen molar-refractivity contribution in [2.75, 3.05) is 25.2 Å². The van der Waals surface area contributed by atoms with Gasteiger partial charge in [-0.2, -0.15) is 0 Å². The van der Waals surface area contributed by atoms with E-state index in [1.54, 1.807) is 0 Å². The van der Waals surface area contributed by atoms with Crippen LogP contribution in [0.5, 0.6) is 0 Å². The molecule has 0 spiro atoms. The van der Waals surface area contributed by atoms with Crippen LogP contribution in [0.25, 0.3) is 10.8 Å². The molecular formula is C14H17NO2. The van der Waals surface area contributed by atoms with Crippen LogP contribution < -0.4 is 4.90 Å². The van der Waals surface area contributed by atoms with E-state index in [1.165, 1.54) is 0 Å². The van der Waals surface area contributed by atoms with Gasteiger partial charge >= 0.3 is 0 Å². The summed E-state index contributed by atoms with van der Waals surface area (Å²) < 4.78 is 0. The van der Waals surface area contributed by atoms with Crippen LogP contribution in [-0.4, -0.2) is 36.5 Å². The molecule has 17 heavy (non-hydrogen) atoms. The quantitative estimate of drug-likeness (QED) is 0.840. The average Bonchev–Trinajstić information content (AvgIpc) is 2.39. The highest BCUT2D eigenvalue weighted by atomic mass is 16.3. The minimum atomic E-state index is -0.263. The van der Waals surface area contributed by atoms with E-state index in [2.05, 4.69) is 12.1 Å². The second kappa shape index (κ2) is 5.17. The largest absolute Gasteiger partial charge is 0.394 e. The van der Waals surface area contributed by atoms with E-state index in [9.17, 15) is 10.2 Å². The number of benzene rings is 2. The fourth-order valence-electron chi connectivity index (χ4n) is 2.02. The summed E-state index contributed by atoms with van der Waals surface area (Å²) in [7, 11) is 1.89. The van der Waals surface area contributed by atoms with Gasteiger partial charge in [0.1, 0.15) is 0 Å². The molecule has 0 radical (unpaired) electrons. The third-order valence-electron chi connectivity index (χ3n) is 3.12. The fraction of sp³-hybridized carbons (Fsp3) is 0.286. The summed E-state index contributed by atoms with van der Waals surface area (Å²) in [6.45, 7) is -0.119. The van der Waals surface area contributed by atoms with Gasteiger partial charge in [0.2, 0.25) is 0 Å². The number of fused-ring (bicyclic) bond motifs is 1. The van der Waals surface area contributed by atoms with Crippen LogP contribution in [0.1, 0.15) is 0 Å². The summed E-state index contributed by atoms with van der Waals surface area (Å²) in [5.74, 6) is 0. The molecule has 0 aliphatic rings. The molecule has 3 heteroatoms. The van der Waals surface area contributed by atoms with Crippen LogP contribution in [0, 0.1) is 0 Å². The van der Waals surface area contributed by atoms with Gasteiger partial charge in [-0.25, -0.2) is 0 Å². The number of hydrogen-bond acceptors (Lipinski definition) is 3. The van der Waals surface area contributed by atoms with E-state index in [0.29, 0.717) is 0 Å². The van der Waals surface area contributed by atoms with E-state index in [4.69, 9.17) is 0 Å². The number of rotatable bonds is 4. The molecule has 0 saturated heterocycles. The second-order valence-electron chi connectivity index (χ2n) is 4.13. The summed E-state index contributed by atoms with van der Waals surface area (Å²) in [5, 5.41) is 20.7. The fourth-order valence-corrected chi connectivity index (χ4v) is 2.02. The van der Waals surface area contributed by atoms with Gasteiger partial charge in [0.15, 0.2) is 0 Å². The molecule has 0 unspecified atom stereocenters. The van der Waals surface area contributed by atoms with Crippen LogP contribution in [-0.2, 0) is 0 Å². The number of nitrogens with zero attached hydrogens (tertiary/aromatic N) is 1. The molecule has 0 atom stereocenters. The lowest BCUT2D eigenvalue weighted by Crippen LogP contribution is -2.37. The van der Waals surface area contributed by atoms with E-state index < -0.39 is 0 Å². The van der Waals surface area contributed by atoms with Gasteiger partial charge in [-0.05, 0) is 11.5 Å². The molecule has 2 N–H and O–H groups in total. The Hall–Kier alpha value is -1.58. The summed E-state index contributed by atoms with van der Waals surface area (Å²) >= 11 is 0. The van der Waals surface area contributed by atoms with E-state index in [1.807, 2.05) is 42.3 Å². The van der Waals surface area contributed by atoms with Gasteiger partial charge in [0.25, 0.3) is 0 Å². The van der Waals surface area contributed by atoms with Gasteiger partial charge in [-0.15, -0.1) is 0 Å². The Labute approximate surface area is 101 Å². The first-order valence-corrected chi connectivity index (χ1v) is 5.70. The first-order chi connectivity index (χ1) is 8.27. The lowest BCUT2D eigenvalue weighted by Gasteiger charge is -2.28. The molecule has 90 valence electrons. The highest BCUT2D eigenvalue weighted by molar-refractivity contribution is 5.94. The lowest BCUT2D eigenvalue weighted by atomic mass is 10.1. The third-order valence-corrected chi connectivity index (χ3v) is 3.12. The van der Waals surface area contributed by atoms with Gasteiger partial charge < -0.3 is 15.1 Å². The summed E-state index contributed by atoms with van der Waals surface area (Å²) in [4.78, 5) is 1.92. The Kier molecular flexibility index (Phi) is 3.61. The zero-order valence-electron chi connectivity index (χ0n) is 9.87. The molecule has 0 fully saturated rings. The molecule has 0 aromatic heterocycles. The van der Waals surface area contributed by atoms with Crippen molar-refractivity contribution >= 4 is 16.5 Å². The summed E-state index contributed by atoms with van der Waals surface area (Å²) in [6.07, 6.45) is 0. The van der Waals surface area contributed by atoms with Crippen molar-refractivity contribution in [2.24, 2.45) is 0 Å². The van der Waals surface area contributed by atoms with E-state index >= 15 is 0 Å². The standard InChI is InChI=1S/C14H17NO2/c1-15(12(9-16)10-17)14-8-4-6-11-5-2-3-7-13(11)14/h2-8,12,16-17H,9-10H2,1H3. The van der Waals surface area contributed by atoms with Crippen LogP contribution in [0.3, 0.4) is 0 Å². The Bertz CT molecular complexity index is 489. The van der Waals surface area contributed by atoms with Crippen molar-refractivity contribution in [2.45, 2.75) is 6.04 Å². The third kappa shape index (κ3) is 2.25. The minimum Gasteiger partial charge on any atom is -0.394 e. The highest BCUT2D eigenvalue weighted by Crippen LogP contribution is 2.26. The van der Waals surface area contributed by atoms with Crippen molar-refractivity contribution in [3.8, 4) is 0 Å². The molecule has 0 bridgehead atoms. The van der Waals surface area contributed by atoms with Crippen LogP contribution >= 0.6 is 0 Å². The summed E-state index contributed by atoms with van der Waals surface area (Å²) in [5.41, 5.74) is 1.02. The Morgan fingerprint density at radius 1 is 1.00 bits per heavy atom. The molecule has 2 aromatic carbocycles. The molecule has 0 heterocycles. The zero-order chi connectivity index (χ0) is 12.3. The lowest BCUT2D eigenvalue weighted by molar-refractivity contribution is 0.191. The maximum atomic E-state index is 9.23. The van der Waals surface area contributed by atoms with Crippen molar-refractivity contribution in [3.63, 3.8) is 0 Å². The molecule has 0 amide bonds. The number of hydrogen-bond donors (Lipinski definition) is 2. The highest BCUT2D eigenvalue weighted by Gasteiger charge is 2.14. The first-order valence-electron chi connectivity index (χ1n) is 5.70. The molecule has 2 aromatic rings. The summed E-state index contributed by atoms with van der Waals surface area (Å²) in [6, 6.07) is 13.9. The number of anilines is 1. The van der Waals surface area contributed by atoms with Crippen LogP contribution in [0.4, 0.5) is 5.69 Å². The molecule has 2 rings (SSSR count). The smallest absolute Gasteiger partial charge is 0.0748 e. The normalized spacial score (nSPS) is 11.1. The number of likely N-dealkylation sites (N-methyl/N-ethyl adjacent to an activating group) is 1.